The average Bonchev–Trinajstić information content (AvgIpc) is 3.54. The monoisotopic (exact) mass is 381 g/mol. The normalized spacial score (nSPS) is 19.2. The van der Waals surface area contributed by atoms with Gasteiger partial charge in [-0.3, -0.25) is 14.6 Å². The Hall–Kier alpha value is -3.00. The fraction of sp³-hybridized carbons (Fsp3) is 0.400. The van der Waals surface area contributed by atoms with E-state index >= 15 is 0 Å². The highest BCUT2D eigenvalue weighted by atomic mass is 16.5. The van der Waals surface area contributed by atoms with Crippen LogP contribution in [0.1, 0.15) is 30.1 Å². The highest BCUT2D eigenvalue weighted by Crippen LogP contribution is 2.30. The summed E-state index contributed by atoms with van der Waals surface area (Å²) < 4.78 is 5.60. The number of carbonyl (C=O) groups excluding carboxylic acids is 2. The number of anilines is 3. The van der Waals surface area contributed by atoms with Crippen LogP contribution in [0.25, 0.3) is 0 Å². The lowest BCUT2D eigenvalue weighted by molar-refractivity contribution is -0.117. The van der Waals surface area contributed by atoms with E-state index in [0.29, 0.717) is 23.7 Å². The molecule has 1 saturated carbocycles. The molecule has 0 aromatic carbocycles. The van der Waals surface area contributed by atoms with E-state index < -0.39 is 0 Å². The predicted molar refractivity (Wildman–Crippen MR) is 105 cm³/mol. The summed E-state index contributed by atoms with van der Waals surface area (Å²) in [5, 5.41) is 5.70. The SMILES string of the molecule is C[C@H]1CN(c2ccncc2NC(=O)c2ccnc(NC(=O)C3CC3)c2)CCO1. The van der Waals surface area contributed by atoms with Gasteiger partial charge in [-0.05, 0) is 38.0 Å². The van der Waals surface area contributed by atoms with Crippen molar-refractivity contribution in [2.75, 3.05) is 35.2 Å². The van der Waals surface area contributed by atoms with Crippen molar-refractivity contribution in [3.05, 3.63) is 42.4 Å². The fourth-order valence-electron chi connectivity index (χ4n) is 3.20. The van der Waals surface area contributed by atoms with Gasteiger partial charge in [0.25, 0.3) is 5.91 Å². The van der Waals surface area contributed by atoms with E-state index in [1.54, 1.807) is 24.5 Å². The summed E-state index contributed by atoms with van der Waals surface area (Å²) in [6, 6.07) is 5.10. The Morgan fingerprint density at radius 2 is 2.07 bits per heavy atom. The summed E-state index contributed by atoms with van der Waals surface area (Å²) in [6.07, 6.45) is 6.83. The van der Waals surface area contributed by atoms with Gasteiger partial charge in [0.15, 0.2) is 0 Å². The van der Waals surface area contributed by atoms with Crippen LogP contribution in [0.5, 0.6) is 0 Å². The van der Waals surface area contributed by atoms with Crippen molar-refractivity contribution in [1.82, 2.24) is 9.97 Å². The molecule has 0 radical (unpaired) electrons. The number of nitrogens with zero attached hydrogens (tertiary/aromatic N) is 3. The molecule has 2 amide bonds. The Kier molecular flexibility index (Phi) is 5.21. The maximum absolute atomic E-state index is 12.8. The minimum absolute atomic E-state index is 0.0407. The summed E-state index contributed by atoms with van der Waals surface area (Å²) in [5.41, 5.74) is 1.98. The van der Waals surface area contributed by atoms with Gasteiger partial charge in [0.1, 0.15) is 5.82 Å². The second-order valence-corrected chi connectivity index (χ2v) is 7.17. The topological polar surface area (TPSA) is 96.5 Å². The van der Waals surface area contributed by atoms with Crippen LogP contribution in [0, 0.1) is 5.92 Å². The summed E-state index contributed by atoms with van der Waals surface area (Å²) in [4.78, 5) is 35.2. The van der Waals surface area contributed by atoms with E-state index in [1.807, 2.05) is 13.0 Å². The molecule has 4 rings (SSSR count). The molecule has 1 aliphatic heterocycles. The number of hydrogen-bond donors (Lipinski definition) is 2. The number of nitrogens with one attached hydrogen (secondary N) is 2. The minimum Gasteiger partial charge on any atom is -0.375 e. The van der Waals surface area contributed by atoms with Gasteiger partial charge in [-0.2, -0.15) is 0 Å². The van der Waals surface area contributed by atoms with E-state index in [-0.39, 0.29) is 23.8 Å². The van der Waals surface area contributed by atoms with Crippen LogP contribution >= 0.6 is 0 Å². The molecule has 146 valence electrons. The van der Waals surface area contributed by atoms with Crippen LogP contribution in [-0.4, -0.2) is 47.6 Å². The molecule has 2 N–H and O–H groups in total. The standard InChI is InChI=1S/C20H23N5O3/c1-13-12-25(8-9-28-13)17-5-6-21-11-16(17)23-20(27)15-4-7-22-18(10-15)24-19(26)14-2-3-14/h4-7,10-11,13-14H,2-3,8-9,12H2,1H3,(H,23,27)(H,22,24,26)/t13-/m0/s1. The first-order valence-corrected chi connectivity index (χ1v) is 9.49. The van der Waals surface area contributed by atoms with Crippen molar-refractivity contribution in [3.63, 3.8) is 0 Å². The van der Waals surface area contributed by atoms with E-state index in [2.05, 4.69) is 25.5 Å². The quantitative estimate of drug-likeness (QED) is 0.825. The average molecular weight is 381 g/mol. The minimum atomic E-state index is -0.278. The van der Waals surface area contributed by atoms with Crippen LogP contribution in [-0.2, 0) is 9.53 Å². The molecule has 2 aliphatic rings. The highest BCUT2D eigenvalue weighted by Gasteiger charge is 2.30. The third-order valence-corrected chi connectivity index (χ3v) is 4.85. The largest absolute Gasteiger partial charge is 0.375 e. The lowest BCUT2D eigenvalue weighted by Crippen LogP contribution is -2.41. The van der Waals surface area contributed by atoms with Gasteiger partial charge in [0.2, 0.25) is 5.91 Å². The third kappa shape index (κ3) is 4.28. The van der Waals surface area contributed by atoms with Crippen molar-refractivity contribution >= 4 is 29.0 Å². The Morgan fingerprint density at radius 3 is 2.86 bits per heavy atom. The van der Waals surface area contributed by atoms with E-state index in [9.17, 15) is 9.59 Å². The van der Waals surface area contributed by atoms with Crippen molar-refractivity contribution in [2.24, 2.45) is 5.92 Å². The van der Waals surface area contributed by atoms with Gasteiger partial charge >= 0.3 is 0 Å². The number of hydrogen-bond acceptors (Lipinski definition) is 6. The Morgan fingerprint density at radius 1 is 1.21 bits per heavy atom. The molecule has 1 aliphatic carbocycles. The first-order chi connectivity index (χ1) is 13.6. The second kappa shape index (κ2) is 7.93. The van der Waals surface area contributed by atoms with Gasteiger partial charge in [0.05, 0.1) is 30.3 Å². The van der Waals surface area contributed by atoms with Gasteiger partial charge in [-0.1, -0.05) is 0 Å². The van der Waals surface area contributed by atoms with Crippen molar-refractivity contribution in [1.29, 1.82) is 0 Å². The third-order valence-electron chi connectivity index (χ3n) is 4.85. The van der Waals surface area contributed by atoms with E-state index in [4.69, 9.17) is 4.74 Å². The number of pyridine rings is 2. The molecule has 1 atom stereocenters. The van der Waals surface area contributed by atoms with Gasteiger partial charge < -0.3 is 20.3 Å². The zero-order valence-corrected chi connectivity index (χ0v) is 15.7. The lowest BCUT2D eigenvalue weighted by atomic mass is 10.2. The molecular weight excluding hydrogens is 358 g/mol. The maximum Gasteiger partial charge on any atom is 0.255 e. The lowest BCUT2D eigenvalue weighted by Gasteiger charge is -2.33. The van der Waals surface area contributed by atoms with Crippen LogP contribution in [0.3, 0.4) is 0 Å². The Balaban J connectivity index is 1.48. The predicted octanol–water partition coefficient (Wildman–Crippen LogP) is 2.30. The highest BCUT2D eigenvalue weighted by molar-refractivity contribution is 6.06. The molecule has 0 unspecified atom stereocenters. The molecule has 0 spiro atoms. The number of rotatable bonds is 5. The molecule has 1 saturated heterocycles. The molecule has 28 heavy (non-hydrogen) atoms. The van der Waals surface area contributed by atoms with Gasteiger partial charge in [-0.15, -0.1) is 0 Å². The van der Waals surface area contributed by atoms with Gasteiger partial charge in [-0.25, -0.2) is 4.98 Å². The smallest absolute Gasteiger partial charge is 0.255 e. The molecular formula is C20H23N5O3. The zero-order valence-electron chi connectivity index (χ0n) is 15.7. The van der Waals surface area contributed by atoms with Gasteiger partial charge in [0, 0.05) is 37.0 Å². The molecule has 2 fully saturated rings. The molecule has 2 aromatic heterocycles. The summed E-state index contributed by atoms with van der Waals surface area (Å²) in [6.45, 7) is 4.18. The van der Waals surface area contributed by atoms with Crippen LogP contribution in [0.2, 0.25) is 0 Å². The first kappa shape index (κ1) is 18.4. The fourth-order valence-corrected chi connectivity index (χ4v) is 3.20. The van der Waals surface area contributed by atoms with E-state index in [1.165, 1.54) is 6.20 Å². The number of aromatic nitrogens is 2. The molecule has 2 aromatic rings. The van der Waals surface area contributed by atoms with E-state index in [0.717, 1.165) is 31.6 Å². The Bertz CT molecular complexity index is 884. The zero-order chi connectivity index (χ0) is 19.5. The number of ether oxygens (including phenoxy) is 1. The Labute approximate surface area is 163 Å². The summed E-state index contributed by atoms with van der Waals surface area (Å²) in [5.74, 6) is 0.145. The van der Waals surface area contributed by atoms with Crippen molar-refractivity contribution in [3.8, 4) is 0 Å². The maximum atomic E-state index is 12.8. The summed E-state index contributed by atoms with van der Waals surface area (Å²) in [7, 11) is 0. The van der Waals surface area contributed by atoms with Crippen LogP contribution in [0.15, 0.2) is 36.8 Å². The molecule has 8 nitrogen and oxygen atoms in total. The summed E-state index contributed by atoms with van der Waals surface area (Å²) >= 11 is 0. The molecule has 0 bridgehead atoms. The number of amides is 2. The first-order valence-electron chi connectivity index (χ1n) is 9.49. The van der Waals surface area contributed by atoms with Crippen LogP contribution < -0.4 is 15.5 Å². The van der Waals surface area contributed by atoms with Crippen molar-refractivity contribution in [2.45, 2.75) is 25.9 Å². The van der Waals surface area contributed by atoms with Crippen molar-refractivity contribution < 1.29 is 14.3 Å². The molecule has 3 heterocycles. The van der Waals surface area contributed by atoms with Crippen LogP contribution in [0.4, 0.5) is 17.2 Å². The number of carbonyl (C=O) groups is 2. The number of morpholine rings is 1. The molecule has 8 heteroatoms. The second-order valence-electron chi connectivity index (χ2n) is 7.17.